The summed E-state index contributed by atoms with van der Waals surface area (Å²) in [5, 5.41) is 15.8. The number of hydrogen-bond acceptors (Lipinski definition) is 5. The normalized spacial score (nSPS) is 19.1. The van der Waals surface area contributed by atoms with Crippen molar-refractivity contribution in [2.24, 2.45) is 0 Å². The van der Waals surface area contributed by atoms with E-state index in [1.54, 1.807) is 34.2 Å². The smallest absolute Gasteiger partial charge is 0.334 e. The van der Waals surface area contributed by atoms with Crippen LogP contribution in [0.4, 0.5) is 4.79 Å². The number of benzene rings is 3. The number of carbonyl (C=O) groups is 3. The number of carbonyl (C=O) groups excluding carboxylic acids is 3. The molecular formula is C31H30BrN5O4. The Hall–Kier alpha value is -4.33. The SMILES string of the molecule is C#CCN1CC(=O)N2[C@@H](Cc3ccc(O)cc3)C(=O)N(Cc3cccc(Br)c3)C[C@@H]2N1C(=O)NCc1ccccc1. The van der Waals surface area contributed by atoms with Crippen LogP contribution in [0.25, 0.3) is 0 Å². The van der Waals surface area contributed by atoms with E-state index >= 15 is 0 Å². The molecular weight excluding hydrogens is 586 g/mol. The second-order valence-corrected chi connectivity index (χ2v) is 10.9. The lowest BCUT2D eigenvalue weighted by atomic mass is 9.98. The monoisotopic (exact) mass is 615 g/mol. The largest absolute Gasteiger partial charge is 0.508 e. The summed E-state index contributed by atoms with van der Waals surface area (Å²) in [5.74, 6) is 2.18. The molecule has 0 unspecified atom stereocenters. The Morgan fingerprint density at radius 3 is 2.44 bits per heavy atom. The molecule has 210 valence electrons. The third kappa shape index (κ3) is 6.37. The number of hydrazine groups is 1. The number of amides is 4. The van der Waals surface area contributed by atoms with E-state index in [0.717, 1.165) is 21.2 Å². The number of urea groups is 1. The summed E-state index contributed by atoms with van der Waals surface area (Å²) in [7, 11) is 0. The zero-order valence-corrected chi connectivity index (χ0v) is 23.9. The maximum atomic E-state index is 14.0. The van der Waals surface area contributed by atoms with Crippen molar-refractivity contribution in [1.29, 1.82) is 0 Å². The van der Waals surface area contributed by atoms with Gasteiger partial charge in [0.2, 0.25) is 11.8 Å². The van der Waals surface area contributed by atoms with Crippen LogP contribution in [0.2, 0.25) is 0 Å². The fourth-order valence-electron chi connectivity index (χ4n) is 5.35. The Bertz CT molecular complexity index is 1460. The first kappa shape index (κ1) is 28.2. The first-order valence-electron chi connectivity index (χ1n) is 13.3. The lowest BCUT2D eigenvalue weighted by molar-refractivity contribution is -0.189. The Morgan fingerprint density at radius 1 is 1.00 bits per heavy atom. The van der Waals surface area contributed by atoms with Crippen molar-refractivity contribution in [3.05, 3.63) is 100 Å². The highest BCUT2D eigenvalue weighted by Gasteiger charge is 2.51. The quantitative estimate of drug-likeness (QED) is 0.398. The summed E-state index contributed by atoms with van der Waals surface area (Å²) in [5.41, 5.74) is 2.62. The highest BCUT2D eigenvalue weighted by Crippen LogP contribution is 2.30. The summed E-state index contributed by atoms with van der Waals surface area (Å²) < 4.78 is 0.886. The predicted molar refractivity (Wildman–Crippen MR) is 157 cm³/mol. The molecule has 2 aliphatic rings. The van der Waals surface area contributed by atoms with Crippen LogP contribution in [0.15, 0.2) is 83.3 Å². The zero-order valence-electron chi connectivity index (χ0n) is 22.3. The predicted octanol–water partition coefficient (Wildman–Crippen LogP) is 3.34. The van der Waals surface area contributed by atoms with Gasteiger partial charge in [-0.2, -0.15) is 5.01 Å². The van der Waals surface area contributed by atoms with E-state index in [4.69, 9.17) is 6.42 Å². The molecule has 4 amide bonds. The molecule has 2 fully saturated rings. The lowest BCUT2D eigenvalue weighted by Crippen LogP contribution is -2.76. The fourth-order valence-corrected chi connectivity index (χ4v) is 5.79. The molecule has 2 aliphatic heterocycles. The van der Waals surface area contributed by atoms with Crippen LogP contribution < -0.4 is 5.32 Å². The summed E-state index contributed by atoms with van der Waals surface area (Å²) in [4.78, 5) is 44.6. The Labute approximate surface area is 247 Å². The van der Waals surface area contributed by atoms with Gasteiger partial charge in [0.15, 0.2) is 0 Å². The number of piperazine rings is 1. The molecule has 0 aromatic heterocycles. The van der Waals surface area contributed by atoms with Crippen LogP contribution in [0.1, 0.15) is 16.7 Å². The van der Waals surface area contributed by atoms with Crippen molar-refractivity contribution in [3.63, 3.8) is 0 Å². The maximum Gasteiger partial charge on any atom is 0.334 e. The number of aromatic hydroxyl groups is 1. The van der Waals surface area contributed by atoms with Crippen molar-refractivity contribution in [2.45, 2.75) is 31.7 Å². The topological polar surface area (TPSA) is 96.4 Å². The third-order valence-electron chi connectivity index (χ3n) is 7.23. The summed E-state index contributed by atoms with van der Waals surface area (Å²) >= 11 is 3.49. The minimum absolute atomic E-state index is 0.0526. The first-order chi connectivity index (χ1) is 19.8. The van der Waals surface area contributed by atoms with Crippen LogP contribution in [0.3, 0.4) is 0 Å². The molecule has 5 rings (SSSR count). The van der Waals surface area contributed by atoms with Crippen LogP contribution in [-0.4, -0.2) is 74.6 Å². The van der Waals surface area contributed by atoms with Crippen molar-refractivity contribution in [1.82, 2.24) is 25.1 Å². The molecule has 41 heavy (non-hydrogen) atoms. The standard InChI is InChI=1S/C31H30BrN5O4/c1-2-15-35-21-29(39)36-27(17-22-11-13-26(38)14-12-22)30(40)34(19-24-9-6-10-25(32)16-24)20-28(36)37(35)31(41)33-18-23-7-4-3-5-8-23/h1,3-14,16,27-28,38H,15,17-21H2,(H,33,41)/t27-,28-/m0/s1. The van der Waals surface area contributed by atoms with Gasteiger partial charge in [0.05, 0.1) is 19.6 Å². The van der Waals surface area contributed by atoms with Crippen molar-refractivity contribution >= 4 is 33.8 Å². The number of phenolic OH excluding ortho intramolecular Hbond substituents is 1. The minimum atomic E-state index is -0.852. The molecule has 0 spiro atoms. The van der Waals surface area contributed by atoms with Gasteiger partial charge in [0, 0.05) is 24.0 Å². The number of halogens is 1. The molecule has 2 atom stereocenters. The second kappa shape index (κ2) is 12.5. The van der Waals surface area contributed by atoms with Gasteiger partial charge >= 0.3 is 6.03 Å². The van der Waals surface area contributed by atoms with Crippen molar-refractivity contribution in [3.8, 4) is 18.1 Å². The molecule has 0 radical (unpaired) electrons. The van der Waals surface area contributed by atoms with Gasteiger partial charge in [-0.25, -0.2) is 9.80 Å². The number of nitrogens with one attached hydrogen (secondary N) is 1. The number of terminal acetylenes is 1. The van der Waals surface area contributed by atoms with E-state index < -0.39 is 18.2 Å². The Kier molecular flexibility index (Phi) is 8.57. The maximum absolute atomic E-state index is 14.0. The summed E-state index contributed by atoms with van der Waals surface area (Å²) in [6, 6.07) is 22.5. The van der Waals surface area contributed by atoms with Gasteiger partial charge in [-0.05, 0) is 41.0 Å². The number of hydrogen-bond donors (Lipinski definition) is 2. The van der Waals surface area contributed by atoms with Gasteiger partial charge in [-0.1, -0.05) is 76.4 Å². The number of fused-ring (bicyclic) bond motifs is 1. The van der Waals surface area contributed by atoms with Gasteiger partial charge in [0.25, 0.3) is 0 Å². The number of rotatable bonds is 7. The zero-order chi connectivity index (χ0) is 28.9. The molecule has 10 heteroatoms. The number of phenols is 1. The van der Waals surface area contributed by atoms with E-state index in [-0.39, 0.29) is 43.6 Å². The highest BCUT2D eigenvalue weighted by atomic mass is 79.9. The van der Waals surface area contributed by atoms with Crippen LogP contribution in [-0.2, 0) is 29.1 Å². The van der Waals surface area contributed by atoms with E-state index in [0.29, 0.717) is 13.1 Å². The van der Waals surface area contributed by atoms with Crippen molar-refractivity contribution in [2.75, 3.05) is 19.6 Å². The molecule has 0 aliphatic carbocycles. The molecule has 9 nitrogen and oxygen atoms in total. The number of nitrogens with zero attached hydrogens (tertiary/aromatic N) is 4. The van der Waals surface area contributed by atoms with Crippen LogP contribution in [0.5, 0.6) is 5.75 Å². The molecule has 2 heterocycles. The molecule has 2 N–H and O–H groups in total. The average Bonchev–Trinajstić information content (AvgIpc) is 2.96. The van der Waals surface area contributed by atoms with Crippen molar-refractivity contribution < 1.29 is 19.5 Å². The molecule has 2 saturated heterocycles. The highest BCUT2D eigenvalue weighted by molar-refractivity contribution is 9.10. The van der Waals surface area contributed by atoms with Gasteiger partial charge in [0.1, 0.15) is 18.0 Å². The molecule has 0 bridgehead atoms. The van der Waals surface area contributed by atoms with E-state index in [1.807, 2.05) is 54.6 Å². The fraction of sp³-hybridized carbons (Fsp3) is 0.258. The van der Waals surface area contributed by atoms with Gasteiger partial charge in [-0.3, -0.25) is 9.59 Å². The van der Waals surface area contributed by atoms with Gasteiger partial charge in [-0.15, -0.1) is 6.42 Å². The third-order valence-corrected chi connectivity index (χ3v) is 7.72. The summed E-state index contributed by atoms with van der Waals surface area (Å²) in [6.07, 6.45) is 5.10. The molecule has 3 aromatic rings. The Balaban J connectivity index is 1.49. The van der Waals surface area contributed by atoms with E-state index in [9.17, 15) is 19.5 Å². The van der Waals surface area contributed by atoms with Crippen LogP contribution >= 0.6 is 15.9 Å². The molecule has 0 saturated carbocycles. The average molecular weight is 617 g/mol. The second-order valence-electron chi connectivity index (χ2n) is 10.0. The lowest BCUT2D eigenvalue weighted by Gasteiger charge is -2.55. The van der Waals surface area contributed by atoms with E-state index in [1.165, 1.54) is 9.91 Å². The first-order valence-corrected chi connectivity index (χ1v) is 14.0. The minimum Gasteiger partial charge on any atom is -0.508 e. The Morgan fingerprint density at radius 2 is 1.73 bits per heavy atom. The molecule has 3 aromatic carbocycles. The van der Waals surface area contributed by atoms with Gasteiger partial charge < -0.3 is 20.2 Å². The summed E-state index contributed by atoms with van der Waals surface area (Å²) in [6.45, 7) is 0.625. The van der Waals surface area contributed by atoms with Crippen LogP contribution in [0, 0.1) is 12.3 Å². The van der Waals surface area contributed by atoms with E-state index in [2.05, 4.69) is 27.2 Å².